The first-order valence-corrected chi connectivity index (χ1v) is 5.82. The van der Waals surface area contributed by atoms with Gasteiger partial charge < -0.3 is 37.2 Å². The molecule has 0 aliphatic heterocycles. The van der Waals surface area contributed by atoms with Crippen molar-refractivity contribution in [3.05, 3.63) is 64.7 Å². The van der Waals surface area contributed by atoms with Gasteiger partial charge in [-0.25, -0.2) is 12.1 Å². The Hall–Kier alpha value is 0.154. The van der Waals surface area contributed by atoms with Crippen molar-refractivity contribution in [2.45, 2.75) is 33.1 Å². The summed E-state index contributed by atoms with van der Waals surface area (Å²) in [6, 6.07) is 15.2. The summed E-state index contributed by atoms with van der Waals surface area (Å²) in [4.78, 5) is 0. The molecule has 20 heavy (non-hydrogen) atoms. The second-order valence-electron chi connectivity index (χ2n) is 5.05. The molecule has 0 saturated carbocycles. The van der Waals surface area contributed by atoms with Crippen molar-refractivity contribution in [3.8, 4) is 0 Å². The molecule has 0 fully saturated rings. The fourth-order valence-electron chi connectivity index (χ4n) is 2.37. The van der Waals surface area contributed by atoms with Crippen LogP contribution in [0.3, 0.4) is 0 Å². The van der Waals surface area contributed by atoms with Crippen molar-refractivity contribution in [2.75, 3.05) is 0 Å². The van der Waals surface area contributed by atoms with E-state index >= 15 is 0 Å². The molecular formula is C16H19Cl3Ti. The van der Waals surface area contributed by atoms with Crippen LogP contribution in [0, 0.1) is 13.8 Å². The van der Waals surface area contributed by atoms with Crippen molar-refractivity contribution in [3.63, 3.8) is 0 Å². The van der Waals surface area contributed by atoms with Crippen molar-refractivity contribution >= 4 is 0 Å². The number of rotatable bonds is 2. The van der Waals surface area contributed by atoms with Crippen molar-refractivity contribution in [1.29, 1.82) is 0 Å². The van der Waals surface area contributed by atoms with Crippen LogP contribution < -0.4 is 37.2 Å². The van der Waals surface area contributed by atoms with Gasteiger partial charge in [-0.15, -0.1) is 5.56 Å². The van der Waals surface area contributed by atoms with Crippen LogP contribution in [0.25, 0.3) is 0 Å². The summed E-state index contributed by atoms with van der Waals surface area (Å²) >= 11 is 0. The van der Waals surface area contributed by atoms with E-state index in [4.69, 9.17) is 0 Å². The fourth-order valence-corrected chi connectivity index (χ4v) is 2.37. The van der Waals surface area contributed by atoms with Gasteiger partial charge in [-0.3, -0.25) is 0 Å². The molecule has 4 heteroatoms. The first-order valence-electron chi connectivity index (χ1n) is 5.82. The summed E-state index contributed by atoms with van der Waals surface area (Å²) in [6.07, 6.45) is 0. The van der Waals surface area contributed by atoms with E-state index in [0.717, 1.165) is 0 Å². The molecule has 0 bridgehead atoms. The molecule has 0 spiro atoms. The van der Waals surface area contributed by atoms with Crippen LogP contribution in [-0.2, 0) is 27.1 Å². The van der Waals surface area contributed by atoms with Crippen LogP contribution in [0.2, 0.25) is 0 Å². The predicted molar refractivity (Wildman–Crippen MR) is 70.1 cm³/mol. The summed E-state index contributed by atoms with van der Waals surface area (Å²) in [5.41, 5.74) is 5.70. The Labute approximate surface area is 156 Å². The zero-order valence-corrected chi connectivity index (χ0v) is 16.0. The Morgan fingerprint density at radius 3 is 1.85 bits per heavy atom. The van der Waals surface area contributed by atoms with E-state index in [-0.39, 0.29) is 64.4 Å². The SMILES string of the molecule is Cc1cccc(C(C)(C)[c-]2cccc2)c1C.[Cl-].[Cl-].[Cl-].[Ti+4]. The molecule has 0 heterocycles. The number of hydrogen-bond acceptors (Lipinski definition) is 0. The van der Waals surface area contributed by atoms with Gasteiger partial charge >= 0.3 is 21.7 Å². The van der Waals surface area contributed by atoms with Crippen LogP contribution in [0.15, 0.2) is 42.5 Å². The molecule has 0 radical (unpaired) electrons. The van der Waals surface area contributed by atoms with E-state index in [9.17, 15) is 0 Å². The second-order valence-corrected chi connectivity index (χ2v) is 5.05. The van der Waals surface area contributed by atoms with Crippen LogP contribution in [0.1, 0.15) is 36.1 Å². The maximum Gasteiger partial charge on any atom is 4.00 e. The number of benzene rings is 1. The molecule has 2 aromatic rings. The fraction of sp³-hybridized carbons (Fsp3) is 0.312. The summed E-state index contributed by atoms with van der Waals surface area (Å²) in [7, 11) is 0. The van der Waals surface area contributed by atoms with Gasteiger partial charge in [-0.1, -0.05) is 32.0 Å². The van der Waals surface area contributed by atoms with Crippen LogP contribution in [0.4, 0.5) is 0 Å². The van der Waals surface area contributed by atoms with Gasteiger partial charge in [-0.2, -0.15) is 12.1 Å². The van der Waals surface area contributed by atoms with Gasteiger partial charge in [0.05, 0.1) is 0 Å². The van der Waals surface area contributed by atoms with Gasteiger partial charge in [0.2, 0.25) is 0 Å². The van der Waals surface area contributed by atoms with E-state index in [0.29, 0.717) is 0 Å². The smallest absolute Gasteiger partial charge is 1.00 e. The van der Waals surface area contributed by atoms with Gasteiger partial charge in [0.15, 0.2) is 0 Å². The molecule has 0 aliphatic carbocycles. The molecule has 108 valence electrons. The number of halogens is 3. The molecule has 0 atom stereocenters. The third-order valence-electron chi connectivity index (χ3n) is 3.66. The van der Waals surface area contributed by atoms with Crippen LogP contribution >= 0.6 is 0 Å². The monoisotopic (exact) mass is 364 g/mol. The van der Waals surface area contributed by atoms with E-state index in [1.807, 2.05) is 0 Å². The molecule has 0 amide bonds. The molecule has 2 rings (SSSR count). The van der Waals surface area contributed by atoms with E-state index < -0.39 is 0 Å². The zero-order valence-electron chi connectivity index (χ0n) is 12.2. The Balaban J connectivity index is -0.000000722. The summed E-state index contributed by atoms with van der Waals surface area (Å²) < 4.78 is 0. The van der Waals surface area contributed by atoms with Gasteiger partial charge in [0.25, 0.3) is 0 Å². The molecule has 0 aliphatic rings. The topological polar surface area (TPSA) is 0 Å². The minimum absolute atomic E-state index is 0. The molecule has 2 aromatic carbocycles. The maximum absolute atomic E-state index is 2.30. The summed E-state index contributed by atoms with van der Waals surface area (Å²) in [5, 5.41) is 0. The molecule has 0 saturated heterocycles. The van der Waals surface area contributed by atoms with Crippen molar-refractivity contribution < 1.29 is 58.9 Å². The minimum Gasteiger partial charge on any atom is -1.00 e. The van der Waals surface area contributed by atoms with Crippen molar-refractivity contribution in [1.82, 2.24) is 0 Å². The number of aryl methyl sites for hydroxylation is 1. The normalized spacial score (nSPS) is 9.40. The first-order chi connectivity index (χ1) is 7.53. The first kappa shape index (κ1) is 25.1. The zero-order chi connectivity index (χ0) is 11.8. The summed E-state index contributed by atoms with van der Waals surface area (Å²) in [5.74, 6) is 0. The minimum atomic E-state index is 0. The third kappa shape index (κ3) is 4.86. The molecule has 0 unspecified atom stereocenters. The van der Waals surface area contributed by atoms with Crippen LogP contribution in [-0.4, -0.2) is 0 Å². The molecule has 0 nitrogen and oxygen atoms in total. The van der Waals surface area contributed by atoms with E-state index in [1.54, 1.807) is 0 Å². The number of hydrogen-bond donors (Lipinski definition) is 0. The Bertz CT molecular complexity index is 490. The predicted octanol–water partition coefficient (Wildman–Crippen LogP) is -4.64. The largest absolute Gasteiger partial charge is 4.00 e. The van der Waals surface area contributed by atoms with Crippen LogP contribution in [0.5, 0.6) is 0 Å². The van der Waals surface area contributed by atoms with Gasteiger partial charge in [0, 0.05) is 0 Å². The Morgan fingerprint density at radius 1 is 0.850 bits per heavy atom. The Kier molecular flexibility index (Phi) is 12.5. The van der Waals surface area contributed by atoms with Gasteiger partial charge in [0.1, 0.15) is 0 Å². The average Bonchev–Trinajstić information content (AvgIpc) is 2.75. The van der Waals surface area contributed by atoms with E-state index in [1.165, 1.54) is 22.3 Å². The maximum atomic E-state index is 2.30. The standard InChI is InChI=1S/C16H19.3ClH.Ti/c1-12-8-7-11-15(13(12)2)16(3,4)14-9-5-6-10-14;;;;/h5-11H,1-4H3;3*1H;/q-1;;;;+4/p-3. The quantitative estimate of drug-likeness (QED) is 0.371. The summed E-state index contributed by atoms with van der Waals surface area (Å²) in [6.45, 7) is 8.99. The second kappa shape index (κ2) is 9.98. The molecule has 0 N–H and O–H groups in total. The van der Waals surface area contributed by atoms with E-state index in [2.05, 4.69) is 70.2 Å². The Morgan fingerprint density at radius 2 is 1.35 bits per heavy atom. The average molecular weight is 366 g/mol. The third-order valence-corrected chi connectivity index (χ3v) is 3.66. The molecular weight excluding hydrogens is 346 g/mol. The molecule has 0 aromatic heterocycles. The van der Waals surface area contributed by atoms with Gasteiger partial charge in [-0.05, 0) is 36.0 Å². The van der Waals surface area contributed by atoms with Crippen molar-refractivity contribution in [2.24, 2.45) is 0 Å².